The van der Waals surface area contributed by atoms with Crippen molar-refractivity contribution in [1.82, 2.24) is 0 Å². The molecule has 0 bridgehead atoms. The van der Waals surface area contributed by atoms with Gasteiger partial charge in [-0.2, -0.15) is 0 Å². The summed E-state index contributed by atoms with van der Waals surface area (Å²) < 4.78 is 0. The highest BCUT2D eigenvalue weighted by molar-refractivity contribution is 5.91. The molecule has 1 amide bonds. The summed E-state index contributed by atoms with van der Waals surface area (Å²) in [7, 11) is 0. The van der Waals surface area contributed by atoms with E-state index in [1.807, 2.05) is 24.3 Å². The molecule has 20 heavy (non-hydrogen) atoms. The summed E-state index contributed by atoms with van der Waals surface area (Å²) in [5.74, 6) is -0.824. The Morgan fingerprint density at radius 3 is 2.55 bits per heavy atom. The van der Waals surface area contributed by atoms with Crippen LogP contribution in [0.15, 0.2) is 24.3 Å². The van der Waals surface area contributed by atoms with Crippen molar-refractivity contribution in [3.63, 3.8) is 0 Å². The Morgan fingerprint density at radius 2 is 1.85 bits per heavy atom. The van der Waals surface area contributed by atoms with E-state index in [1.54, 1.807) is 0 Å². The molecule has 1 aromatic carbocycles. The van der Waals surface area contributed by atoms with Crippen LogP contribution < -0.4 is 5.32 Å². The molecular weight excluding hydrogens is 254 g/mol. The summed E-state index contributed by atoms with van der Waals surface area (Å²) in [6, 6.07) is 7.38. The molecular formula is C16H23NO3. The number of carbonyl (C=O) groups excluding carboxylic acids is 1. The molecule has 0 aliphatic carbocycles. The Bertz CT molecular complexity index is 443. The van der Waals surface area contributed by atoms with Crippen molar-refractivity contribution in [2.24, 2.45) is 0 Å². The second-order valence-electron chi connectivity index (χ2n) is 4.91. The van der Waals surface area contributed by atoms with E-state index >= 15 is 0 Å². The number of unbranched alkanes of at least 4 members (excludes halogenated alkanes) is 3. The van der Waals surface area contributed by atoms with Crippen LogP contribution in [-0.2, 0) is 16.0 Å². The first-order valence-corrected chi connectivity index (χ1v) is 7.23. The van der Waals surface area contributed by atoms with Crippen molar-refractivity contribution in [3.05, 3.63) is 29.8 Å². The quantitative estimate of drug-likeness (QED) is 0.677. The number of aliphatic carboxylic acids is 1. The Labute approximate surface area is 120 Å². The lowest BCUT2D eigenvalue weighted by Crippen LogP contribution is -2.13. The molecule has 0 saturated carbocycles. The minimum Gasteiger partial charge on any atom is -0.481 e. The van der Waals surface area contributed by atoms with Crippen LogP contribution in [0.25, 0.3) is 0 Å². The standard InChI is InChI=1S/C16H23NO3/c1-2-3-4-5-10-15(18)17-14-9-7-6-8-13(14)11-12-16(19)20/h6-9H,2-5,10-12H2,1H3,(H,17,18)(H,19,20). The van der Waals surface area contributed by atoms with Crippen LogP contribution in [0, 0.1) is 0 Å². The van der Waals surface area contributed by atoms with Gasteiger partial charge in [0.05, 0.1) is 0 Å². The van der Waals surface area contributed by atoms with Gasteiger partial charge in [-0.1, -0.05) is 44.4 Å². The summed E-state index contributed by atoms with van der Waals surface area (Å²) in [5.41, 5.74) is 1.60. The van der Waals surface area contributed by atoms with Crippen molar-refractivity contribution >= 4 is 17.6 Å². The van der Waals surface area contributed by atoms with E-state index in [4.69, 9.17) is 5.11 Å². The van der Waals surface area contributed by atoms with Crippen LogP contribution in [0.1, 0.15) is 51.0 Å². The largest absolute Gasteiger partial charge is 0.481 e. The lowest BCUT2D eigenvalue weighted by molar-refractivity contribution is -0.136. The number of hydrogen-bond donors (Lipinski definition) is 2. The fourth-order valence-electron chi connectivity index (χ4n) is 2.03. The predicted octanol–water partition coefficient (Wildman–Crippen LogP) is 3.61. The van der Waals surface area contributed by atoms with Crippen LogP contribution in [0.4, 0.5) is 5.69 Å². The number of anilines is 1. The second-order valence-corrected chi connectivity index (χ2v) is 4.91. The van der Waals surface area contributed by atoms with Crippen molar-refractivity contribution in [2.75, 3.05) is 5.32 Å². The molecule has 0 heterocycles. The number of para-hydroxylation sites is 1. The zero-order valence-electron chi connectivity index (χ0n) is 12.0. The highest BCUT2D eigenvalue weighted by atomic mass is 16.4. The van der Waals surface area contributed by atoms with Crippen LogP contribution in [0.5, 0.6) is 0 Å². The van der Waals surface area contributed by atoms with Crippen molar-refractivity contribution < 1.29 is 14.7 Å². The van der Waals surface area contributed by atoms with E-state index in [0.717, 1.165) is 36.9 Å². The average molecular weight is 277 g/mol. The highest BCUT2D eigenvalue weighted by Gasteiger charge is 2.07. The predicted molar refractivity (Wildman–Crippen MR) is 79.8 cm³/mol. The molecule has 1 rings (SSSR count). The molecule has 110 valence electrons. The van der Waals surface area contributed by atoms with Gasteiger partial charge in [0.2, 0.25) is 5.91 Å². The summed E-state index contributed by atoms with van der Waals surface area (Å²) in [6.07, 6.45) is 5.31. The fourth-order valence-corrected chi connectivity index (χ4v) is 2.03. The summed E-state index contributed by atoms with van der Waals surface area (Å²) >= 11 is 0. The van der Waals surface area contributed by atoms with Gasteiger partial charge in [-0.3, -0.25) is 9.59 Å². The highest BCUT2D eigenvalue weighted by Crippen LogP contribution is 2.17. The van der Waals surface area contributed by atoms with Crippen molar-refractivity contribution in [2.45, 2.75) is 51.9 Å². The first-order chi connectivity index (χ1) is 9.63. The van der Waals surface area contributed by atoms with E-state index in [0.29, 0.717) is 12.8 Å². The van der Waals surface area contributed by atoms with Crippen LogP contribution in [0.3, 0.4) is 0 Å². The van der Waals surface area contributed by atoms with Crippen LogP contribution in [0.2, 0.25) is 0 Å². The zero-order chi connectivity index (χ0) is 14.8. The maximum absolute atomic E-state index is 11.8. The third kappa shape index (κ3) is 6.36. The van der Waals surface area contributed by atoms with Gasteiger partial charge >= 0.3 is 5.97 Å². The minimum absolute atomic E-state index is 0.00359. The summed E-state index contributed by atoms with van der Waals surface area (Å²) in [5, 5.41) is 11.6. The van der Waals surface area contributed by atoms with E-state index in [-0.39, 0.29) is 12.3 Å². The first kappa shape index (κ1) is 16.2. The Morgan fingerprint density at radius 1 is 1.10 bits per heavy atom. The molecule has 0 aliphatic rings. The van der Waals surface area contributed by atoms with Crippen LogP contribution >= 0.6 is 0 Å². The SMILES string of the molecule is CCCCCCC(=O)Nc1ccccc1CCC(=O)O. The number of benzene rings is 1. The van der Waals surface area contributed by atoms with Gasteiger partial charge in [-0.25, -0.2) is 0 Å². The zero-order valence-corrected chi connectivity index (χ0v) is 12.0. The molecule has 0 fully saturated rings. The molecule has 0 atom stereocenters. The third-order valence-electron chi connectivity index (χ3n) is 3.16. The maximum atomic E-state index is 11.8. The Balaban J connectivity index is 2.49. The second kappa shape index (κ2) is 9.13. The van der Waals surface area contributed by atoms with Gasteiger partial charge in [-0.15, -0.1) is 0 Å². The van der Waals surface area contributed by atoms with E-state index in [2.05, 4.69) is 12.2 Å². The first-order valence-electron chi connectivity index (χ1n) is 7.23. The molecule has 0 unspecified atom stereocenters. The van der Waals surface area contributed by atoms with Gasteiger partial charge in [0, 0.05) is 18.5 Å². The lowest BCUT2D eigenvalue weighted by Gasteiger charge is -2.10. The molecule has 0 radical (unpaired) electrons. The normalized spacial score (nSPS) is 10.2. The van der Waals surface area contributed by atoms with E-state index < -0.39 is 5.97 Å². The minimum atomic E-state index is -0.828. The van der Waals surface area contributed by atoms with E-state index in [1.165, 1.54) is 0 Å². The van der Waals surface area contributed by atoms with Crippen LogP contribution in [-0.4, -0.2) is 17.0 Å². The van der Waals surface area contributed by atoms with E-state index in [9.17, 15) is 9.59 Å². The number of rotatable bonds is 9. The van der Waals surface area contributed by atoms with Gasteiger partial charge in [0.15, 0.2) is 0 Å². The Kier molecular flexibility index (Phi) is 7.40. The number of nitrogens with one attached hydrogen (secondary N) is 1. The number of carboxylic acids is 1. The number of carbonyl (C=O) groups is 2. The molecule has 2 N–H and O–H groups in total. The Hall–Kier alpha value is -1.84. The van der Waals surface area contributed by atoms with Crippen molar-refractivity contribution in [3.8, 4) is 0 Å². The third-order valence-corrected chi connectivity index (χ3v) is 3.16. The number of amides is 1. The average Bonchev–Trinajstić information content (AvgIpc) is 2.42. The monoisotopic (exact) mass is 277 g/mol. The van der Waals surface area contributed by atoms with Gasteiger partial charge in [0.1, 0.15) is 0 Å². The summed E-state index contributed by atoms with van der Waals surface area (Å²) in [4.78, 5) is 22.5. The lowest BCUT2D eigenvalue weighted by atomic mass is 10.1. The topological polar surface area (TPSA) is 66.4 Å². The van der Waals surface area contributed by atoms with Gasteiger partial charge < -0.3 is 10.4 Å². The molecule has 0 saturated heterocycles. The van der Waals surface area contributed by atoms with Gasteiger partial charge in [0.25, 0.3) is 0 Å². The smallest absolute Gasteiger partial charge is 0.303 e. The maximum Gasteiger partial charge on any atom is 0.303 e. The molecule has 0 spiro atoms. The summed E-state index contributed by atoms with van der Waals surface area (Å²) in [6.45, 7) is 2.14. The number of aryl methyl sites for hydroxylation is 1. The molecule has 4 nitrogen and oxygen atoms in total. The van der Waals surface area contributed by atoms with Gasteiger partial charge in [-0.05, 0) is 24.5 Å². The molecule has 0 aliphatic heterocycles. The van der Waals surface area contributed by atoms with Crippen molar-refractivity contribution in [1.29, 1.82) is 0 Å². The molecule has 0 aromatic heterocycles. The molecule has 4 heteroatoms. The number of hydrogen-bond acceptors (Lipinski definition) is 2. The number of carboxylic acid groups (broad SMARTS) is 1. The molecule has 1 aromatic rings. The fraction of sp³-hybridized carbons (Fsp3) is 0.500.